The van der Waals surface area contributed by atoms with Crippen molar-refractivity contribution in [1.29, 1.82) is 0 Å². The van der Waals surface area contributed by atoms with Gasteiger partial charge in [-0.05, 0) is 18.1 Å². The van der Waals surface area contributed by atoms with Crippen LogP contribution in [0, 0.1) is 10.7 Å². The molecule has 1 aliphatic heterocycles. The predicted molar refractivity (Wildman–Crippen MR) is 80.3 cm³/mol. The molecule has 1 fully saturated rings. The number of H-pyrrole nitrogens is 2. The van der Waals surface area contributed by atoms with E-state index in [-0.39, 0.29) is 33.2 Å². The summed E-state index contributed by atoms with van der Waals surface area (Å²) in [5.41, 5.74) is 5.35. The van der Waals surface area contributed by atoms with Gasteiger partial charge in [0.15, 0.2) is 15.6 Å². The second kappa shape index (κ2) is 5.80. The number of nitrogens with one attached hydrogen (secondary N) is 2. The van der Waals surface area contributed by atoms with Crippen molar-refractivity contribution in [3.05, 3.63) is 15.1 Å². The average molecular weight is 314 g/mol. The van der Waals surface area contributed by atoms with Crippen LogP contribution in [0.2, 0.25) is 0 Å². The lowest BCUT2D eigenvalue weighted by molar-refractivity contribution is -0.117. The second-order valence-electron chi connectivity index (χ2n) is 4.55. The standard InChI is InChI=1S/C11H14N4O3S2/c1-5(16)20-4-6-2-7(17)15(3-6)8-9(12)13-11(19)14-10(8)18/h6H,2-4H2,1H3,(H4,12,13,14,18,19). The van der Waals surface area contributed by atoms with Gasteiger partial charge in [-0.25, -0.2) is 0 Å². The number of hydrogen-bond donors (Lipinski definition) is 3. The molecule has 1 amide bonds. The van der Waals surface area contributed by atoms with Crippen LogP contribution in [0.3, 0.4) is 0 Å². The van der Waals surface area contributed by atoms with E-state index in [9.17, 15) is 14.4 Å². The number of thioether (sulfide) groups is 1. The number of rotatable bonds is 3. The smallest absolute Gasteiger partial charge is 0.277 e. The Morgan fingerprint density at radius 1 is 1.50 bits per heavy atom. The lowest BCUT2D eigenvalue weighted by Gasteiger charge is -2.17. The molecule has 1 aliphatic rings. The first-order valence-corrected chi connectivity index (χ1v) is 7.33. The zero-order valence-corrected chi connectivity index (χ0v) is 12.4. The first kappa shape index (κ1) is 14.8. The molecule has 0 radical (unpaired) electrons. The lowest BCUT2D eigenvalue weighted by Crippen LogP contribution is -2.32. The van der Waals surface area contributed by atoms with Gasteiger partial charge in [-0.3, -0.25) is 19.4 Å². The van der Waals surface area contributed by atoms with Gasteiger partial charge >= 0.3 is 0 Å². The monoisotopic (exact) mass is 314 g/mol. The van der Waals surface area contributed by atoms with E-state index in [4.69, 9.17) is 18.0 Å². The number of aromatic amines is 2. The van der Waals surface area contributed by atoms with E-state index < -0.39 is 5.56 Å². The number of carbonyl (C=O) groups excluding carboxylic acids is 2. The first-order chi connectivity index (χ1) is 9.38. The van der Waals surface area contributed by atoms with Crippen LogP contribution in [0.25, 0.3) is 0 Å². The van der Waals surface area contributed by atoms with E-state index in [1.54, 1.807) is 0 Å². The number of anilines is 2. The summed E-state index contributed by atoms with van der Waals surface area (Å²) in [6.45, 7) is 1.86. The minimum absolute atomic E-state index is 0.0112. The Morgan fingerprint density at radius 2 is 2.20 bits per heavy atom. The molecule has 0 spiro atoms. The maximum Gasteiger partial charge on any atom is 0.277 e. The van der Waals surface area contributed by atoms with Gasteiger partial charge in [0.25, 0.3) is 5.56 Å². The summed E-state index contributed by atoms with van der Waals surface area (Å²) in [5, 5.41) is 0.0112. The van der Waals surface area contributed by atoms with Crippen molar-refractivity contribution in [3.63, 3.8) is 0 Å². The topological polar surface area (TPSA) is 112 Å². The van der Waals surface area contributed by atoms with Crippen LogP contribution in [-0.2, 0) is 9.59 Å². The summed E-state index contributed by atoms with van der Waals surface area (Å²) in [6.07, 6.45) is 0.300. The molecule has 0 aliphatic carbocycles. The number of nitrogens with zero attached hydrogens (tertiary/aromatic N) is 1. The van der Waals surface area contributed by atoms with Gasteiger partial charge in [0.05, 0.1) is 0 Å². The Hall–Kier alpha value is -1.61. The normalized spacial score (nSPS) is 18.6. The van der Waals surface area contributed by atoms with Gasteiger partial charge in [0, 0.05) is 25.6 Å². The third-order valence-electron chi connectivity index (χ3n) is 2.94. The van der Waals surface area contributed by atoms with E-state index in [0.717, 1.165) is 0 Å². The summed E-state index contributed by atoms with van der Waals surface area (Å²) in [4.78, 5) is 41.2. The molecule has 20 heavy (non-hydrogen) atoms. The Balaban J connectivity index is 2.22. The fraction of sp³-hybridized carbons (Fsp3) is 0.455. The number of amides is 1. The molecule has 0 saturated carbocycles. The fourth-order valence-corrected chi connectivity index (χ4v) is 3.01. The van der Waals surface area contributed by atoms with Crippen molar-refractivity contribution < 1.29 is 9.59 Å². The maximum absolute atomic E-state index is 12.0. The zero-order chi connectivity index (χ0) is 14.9. The number of hydrogen-bond acceptors (Lipinski definition) is 6. The van der Waals surface area contributed by atoms with E-state index in [1.165, 1.54) is 23.6 Å². The van der Waals surface area contributed by atoms with Crippen molar-refractivity contribution >= 4 is 46.5 Å². The molecule has 2 heterocycles. The highest BCUT2D eigenvalue weighted by Gasteiger charge is 2.33. The maximum atomic E-state index is 12.0. The molecule has 0 bridgehead atoms. The molecule has 108 valence electrons. The molecular formula is C11H14N4O3S2. The molecule has 1 unspecified atom stereocenters. The highest BCUT2D eigenvalue weighted by molar-refractivity contribution is 8.13. The van der Waals surface area contributed by atoms with Gasteiger partial charge < -0.3 is 15.6 Å². The van der Waals surface area contributed by atoms with Crippen molar-refractivity contribution in [2.75, 3.05) is 22.9 Å². The summed E-state index contributed by atoms with van der Waals surface area (Å²) < 4.78 is 0.117. The van der Waals surface area contributed by atoms with Gasteiger partial charge in [-0.2, -0.15) is 0 Å². The molecule has 1 aromatic heterocycles. The molecule has 7 nitrogen and oxygen atoms in total. The summed E-state index contributed by atoms with van der Waals surface area (Å²) in [6, 6.07) is 0. The van der Waals surface area contributed by atoms with E-state index >= 15 is 0 Å². The molecule has 9 heteroatoms. The van der Waals surface area contributed by atoms with E-state index in [2.05, 4.69) is 9.97 Å². The summed E-state index contributed by atoms with van der Waals surface area (Å²) in [5.74, 6) is 0.477. The molecule has 1 aromatic rings. The predicted octanol–water partition coefficient (Wildman–Crippen LogP) is 0.647. The quantitative estimate of drug-likeness (QED) is 0.706. The number of nitrogen functional groups attached to an aromatic ring is 1. The molecule has 1 saturated heterocycles. The molecule has 4 N–H and O–H groups in total. The molecule has 0 aromatic carbocycles. The Kier molecular flexibility index (Phi) is 4.29. The van der Waals surface area contributed by atoms with Crippen molar-refractivity contribution in [2.45, 2.75) is 13.3 Å². The number of carbonyl (C=O) groups is 2. The van der Waals surface area contributed by atoms with Gasteiger partial charge in [0.2, 0.25) is 5.91 Å². The average Bonchev–Trinajstić information content (AvgIpc) is 2.67. The van der Waals surface area contributed by atoms with Crippen LogP contribution < -0.4 is 16.2 Å². The van der Waals surface area contributed by atoms with Crippen molar-refractivity contribution in [3.8, 4) is 0 Å². The Morgan fingerprint density at radius 3 is 2.80 bits per heavy atom. The zero-order valence-electron chi connectivity index (χ0n) is 10.8. The van der Waals surface area contributed by atoms with Crippen molar-refractivity contribution in [2.24, 2.45) is 5.92 Å². The highest BCUT2D eigenvalue weighted by atomic mass is 32.2. The SMILES string of the molecule is CC(=O)SCC1CC(=O)N(c2c(N)[nH]c(=S)[nH]c2=O)C1. The van der Waals surface area contributed by atoms with Crippen LogP contribution in [-0.4, -0.2) is 33.3 Å². The molecule has 1 atom stereocenters. The molecular weight excluding hydrogens is 300 g/mol. The number of aromatic nitrogens is 2. The fourth-order valence-electron chi connectivity index (χ4n) is 2.11. The third-order valence-corrected chi connectivity index (χ3v) is 4.19. The van der Waals surface area contributed by atoms with Gasteiger partial charge in [-0.15, -0.1) is 0 Å². The third kappa shape index (κ3) is 3.10. The minimum Gasteiger partial charge on any atom is -0.383 e. The minimum atomic E-state index is -0.487. The largest absolute Gasteiger partial charge is 0.383 e. The van der Waals surface area contributed by atoms with Crippen LogP contribution >= 0.6 is 24.0 Å². The highest BCUT2D eigenvalue weighted by Crippen LogP contribution is 2.27. The molecule has 2 rings (SSSR count). The van der Waals surface area contributed by atoms with E-state index in [0.29, 0.717) is 18.7 Å². The van der Waals surface area contributed by atoms with Gasteiger partial charge in [0.1, 0.15) is 5.82 Å². The Labute approximate surface area is 123 Å². The van der Waals surface area contributed by atoms with Crippen LogP contribution in [0.15, 0.2) is 4.79 Å². The lowest BCUT2D eigenvalue weighted by atomic mass is 10.1. The van der Waals surface area contributed by atoms with Crippen LogP contribution in [0.5, 0.6) is 0 Å². The number of nitrogens with two attached hydrogens (primary N) is 1. The van der Waals surface area contributed by atoms with Gasteiger partial charge in [-0.1, -0.05) is 11.8 Å². The van der Waals surface area contributed by atoms with Crippen LogP contribution in [0.4, 0.5) is 11.5 Å². The van der Waals surface area contributed by atoms with E-state index in [1.807, 2.05) is 0 Å². The van der Waals surface area contributed by atoms with Crippen LogP contribution in [0.1, 0.15) is 13.3 Å². The second-order valence-corrected chi connectivity index (χ2v) is 6.15. The Bertz CT molecular complexity index is 666. The summed E-state index contributed by atoms with van der Waals surface area (Å²) >= 11 is 5.99. The first-order valence-electron chi connectivity index (χ1n) is 5.94. The summed E-state index contributed by atoms with van der Waals surface area (Å²) in [7, 11) is 0. The van der Waals surface area contributed by atoms with Crippen molar-refractivity contribution in [1.82, 2.24) is 9.97 Å².